The number of methoxy groups -OCH3 is 1. The van der Waals surface area contributed by atoms with E-state index in [-0.39, 0.29) is 17.5 Å². The number of ether oxygens (including phenoxy) is 1. The third-order valence-corrected chi connectivity index (χ3v) is 3.51. The van der Waals surface area contributed by atoms with Crippen LogP contribution in [0.15, 0.2) is 0 Å². The minimum atomic E-state index is -2.94. The maximum atomic E-state index is 11.2. The summed E-state index contributed by atoms with van der Waals surface area (Å²) in [6.45, 7) is 4.29. The van der Waals surface area contributed by atoms with Gasteiger partial charge in [0, 0.05) is 18.9 Å². The van der Waals surface area contributed by atoms with Crippen LogP contribution in [-0.2, 0) is 19.4 Å². The first kappa shape index (κ1) is 13.8. The third kappa shape index (κ3) is 7.25. The van der Waals surface area contributed by atoms with E-state index >= 15 is 0 Å². The summed E-state index contributed by atoms with van der Waals surface area (Å²) in [6, 6.07) is -0.197. The van der Waals surface area contributed by atoms with Crippen LogP contribution in [0.4, 0.5) is 0 Å². The SMILES string of the molecule is CCS(=O)(=O)CC(C)NOCCOC. The second-order valence-electron chi connectivity index (χ2n) is 3.06. The summed E-state index contributed by atoms with van der Waals surface area (Å²) in [5, 5.41) is 0. The van der Waals surface area contributed by atoms with Crippen molar-refractivity contribution in [2.24, 2.45) is 0 Å². The molecule has 1 N–H and O–H groups in total. The topological polar surface area (TPSA) is 64.6 Å². The molecule has 0 saturated carbocycles. The summed E-state index contributed by atoms with van der Waals surface area (Å²) >= 11 is 0. The molecule has 0 aliphatic rings. The number of sulfone groups is 1. The van der Waals surface area contributed by atoms with Crippen molar-refractivity contribution in [2.45, 2.75) is 19.9 Å². The second-order valence-corrected chi connectivity index (χ2v) is 5.46. The molecule has 14 heavy (non-hydrogen) atoms. The molecule has 0 fully saturated rings. The first-order chi connectivity index (χ1) is 6.52. The smallest absolute Gasteiger partial charge is 0.151 e. The zero-order chi connectivity index (χ0) is 11.0. The van der Waals surface area contributed by atoms with E-state index in [2.05, 4.69) is 5.48 Å². The first-order valence-corrected chi connectivity index (χ1v) is 6.40. The molecule has 0 bridgehead atoms. The molecule has 0 spiro atoms. The van der Waals surface area contributed by atoms with E-state index in [1.54, 1.807) is 21.0 Å². The Kier molecular flexibility index (Phi) is 7.08. The lowest BCUT2D eigenvalue weighted by Crippen LogP contribution is -2.34. The summed E-state index contributed by atoms with van der Waals surface area (Å²) < 4.78 is 27.1. The van der Waals surface area contributed by atoms with Gasteiger partial charge in [-0.1, -0.05) is 6.92 Å². The van der Waals surface area contributed by atoms with Crippen molar-refractivity contribution in [3.05, 3.63) is 0 Å². The summed E-state index contributed by atoms with van der Waals surface area (Å²) in [4.78, 5) is 4.99. The van der Waals surface area contributed by atoms with Gasteiger partial charge in [-0.05, 0) is 6.92 Å². The van der Waals surface area contributed by atoms with Crippen LogP contribution in [-0.4, -0.2) is 46.3 Å². The Bertz CT molecular complexity index is 227. The highest BCUT2D eigenvalue weighted by molar-refractivity contribution is 7.91. The minimum absolute atomic E-state index is 0.0937. The van der Waals surface area contributed by atoms with Gasteiger partial charge in [-0.25, -0.2) is 8.42 Å². The quantitative estimate of drug-likeness (QED) is 0.464. The standard InChI is InChI=1S/C8H19NO4S/c1-4-14(10,11)7-8(2)9-13-6-5-12-3/h8-9H,4-7H2,1-3H3. The number of nitrogens with one attached hydrogen (secondary N) is 1. The molecule has 0 aliphatic carbocycles. The highest BCUT2D eigenvalue weighted by Gasteiger charge is 2.13. The predicted molar refractivity (Wildman–Crippen MR) is 54.8 cm³/mol. The van der Waals surface area contributed by atoms with Gasteiger partial charge in [0.25, 0.3) is 0 Å². The van der Waals surface area contributed by atoms with Crippen LogP contribution in [0.3, 0.4) is 0 Å². The van der Waals surface area contributed by atoms with Crippen LogP contribution >= 0.6 is 0 Å². The van der Waals surface area contributed by atoms with Crippen molar-refractivity contribution in [3.63, 3.8) is 0 Å². The van der Waals surface area contributed by atoms with Gasteiger partial charge in [0.2, 0.25) is 0 Å². The Hall–Kier alpha value is -0.170. The predicted octanol–water partition coefficient (Wildman–Crippen LogP) is -0.0228. The number of hydrogen-bond donors (Lipinski definition) is 1. The molecule has 0 aromatic heterocycles. The van der Waals surface area contributed by atoms with Crippen molar-refractivity contribution in [3.8, 4) is 0 Å². The van der Waals surface area contributed by atoms with Crippen molar-refractivity contribution >= 4 is 9.84 Å². The van der Waals surface area contributed by atoms with Gasteiger partial charge < -0.3 is 4.74 Å². The van der Waals surface area contributed by atoms with Crippen molar-refractivity contribution in [2.75, 3.05) is 31.8 Å². The average Bonchev–Trinajstić information content (AvgIpc) is 2.12. The fraction of sp³-hybridized carbons (Fsp3) is 1.00. The van der Waals surface area contributed by atoms with Crippen LogP contribution in [0, 0.1) is 0 Å². The molecular formula is C8H19NO4S. The van der Waals surface area contributed by atoms with Crippen molar-refractivity contribution in [1.29, 1.82) is 0 Å². The van der Waals surface area contributed by atoms with E-state index < -0.39 is 9.84 Å². The minimum Gasteiger partial charge on any atom is -0.382 e. The molecule has 86 valence electrons. The van der Waals surface area contributed by atoms with Gasteiger partial charge in [0.15, 0.2) is 9.84 Å². The summed E-state index contributed by atoms with van der Waals surface area (Å²) in [7, 11) is -1.36. The maximum Gasteiger partial charge on any atom is 0.151 e. The van der Waals surface area contributed by atoms with Crippen LogP contribution < -0.4 is 5.48 Å². The molecule has 0 rings (SSSR count). The molecule has 1 atom stereocenters. The highest BCUT2D eigenvalue weighted by Crippen LogP contribution is 1.94. The lowest BCUT2D eigenvalue weighted by molar-refractivity contribution is -0.00522. The lowest BCUT2D eigenvalue weighted by atomic mass is 10.4. The van der Waals surface area contributed by atoms with Gasteiger partial charge in [0.05, 0.1) is 19.0 Å². The fourth-order valence-corrected chi connectivity index (χ4v) is 1.92. The van der Waals surface area contributed by atoms with Crippen LogP contribution in [0.5, 0.6) is 0 Å². The molecule has 0 heterocycles. The molecule has 0 aromatic rings. The molecule has 0 saturated heterocycles. The van der Waals surface area contributed by atoms with Crippen LogP contribution in [0.1, 0.15) is 13.8 Å². The monoisotopic (exact) mass is 225 g/mol. The van der Waals surface area contributed by atoms with E-state index in [1.165, 1.54) is 0 Å². The Morgan fingerprint density at radius 1 is 1.36 bits per heavy atom. The van der Waals surface area contributed by atoms with Gasteiger partial charge in [-0.3, -0.25) is 4.84 Å². The maximum absolute atomic E-state index is 11.2. The van der Waals surface area contributed by atoms with Crippen molar-refractivity contribution in [1.82, 2.24) is 5.48 Å². The molecule has 0 radical (unpaired) electrons. The van der Waals surface area contributed by atoms with Crippen molar-refractivity contribution < 1.29 is 18.0 Å². The summed E-state index contributed by atoms with van der Waals surface area (Å²) in [5.41, 5.74) is 2.65. The van der Waals surface area contributed by atoms with Gasteiger partial charge in [-0.2, -0.15) is 5.48 Å². The molecule has 0 aliphatic heterocycles. The Morgan fingerprint density at radius 3 is 2.50 bits per heavy atom. The first-order valence-electron chi connectivity index (χ1n) is 4.58. The second kappa shape index (κ2) is 7.17. The zero-order valence-electron chi connectivity index (χ0n) is 8.95. The Labute approximate surface area is 85.7 Å². The van der Waals surface area contributed by atoms with E-state index in [0.717, 1.165) is 0 Å². The average molecular weight is 225 g/mol. The van der Waals surface area contributed by atoms with Crippen LogP contribution in [0.2, 0.25) is 0 Å². The Morgan fingerprint density at radius 2 is 2.00 bits per heavy atom. The van der Waals surface area contributed by atoms with E-state index in [9.17, 15) is 8.42 Å². The van der Waals surface area contributed by atoms with Gasteiger partial charge >= 0.3 is 0 Å². The van der Waals surface area contributed by atoms with E-state index in [1.807, 2.05) is 0 Å². The van der Waals surface area contributed by atoms with E-state index in [0.29, 0.717) is 13.2 Å². The molecule has 6 heteroatoms. The molecule has 1 unspecified atom stereocenters. The van der Waals surface area contributed by atoms with Gasteiger partial charge in [0.1, 0.15) is 0 Å². The summed E-state index contributed by atoms with van der Waals surface area (Å²) in [6.07, 6.45) is 0. The molecular weight excluding hydrogens is 206 g/mol. The van der Waals surface area contributed by atoms with Gasteiger partial charge in [-0.15, -0.1) is 0 Å². The number of rotatable bonds is 8. The van der Waals surface area contributed by atoms with Crippen LogP contribution in [0.25, 0.3) is 0 Å². The summed E-state index contributed by atoms with van der Waals surface area (Å²) in [5.74, 6) is 0.258. The van der Waals surface area contributed by atoms with E-state index in [4.69, 9.17) is 9.57 Å². The molecule has 0 aromatic carbocycles. The zero-order valence-corrected chi connectivity index (χ0v) is 9.76. The fourth-order valence-electron chi connectivity index (χ4n) is 0.859. The largest absolute Gasteiger partial charge is 0.382 e. The Balaban J connectivity index is 3.60. The molecule has 5 nitrogen and oxygen atoms in total. The molecule has 0 amide bonds. The number of hydrogen-bond acceptors (Lipinski definition) is 5. The lowest BCUT2D eigenvalue weighted by Gasteiger charge is -2.12. The normalized spacial score (nSPS) is 14.2. The third-order valence-electron chi connectivity index (χ3n) is 1.62. The number of hydroxylamine groups is 1. The highest BCUT2D eigenvalue weighted by atomic mass is 32.2.